The van der Waals surface area contributed by atoms with E-state index in [1.807, 2.05) is 6.08 Å². The average molecular weight is 917 g/mol. The SMILES string of the molecule is CCCCCCCC/C=C/CCCCCC(=O)OC[C@H](CO[C@@H]1O[C@H](CO[C@@H]2O[C@H](CO)[C@H](O)C(O)C2O)[C@H](O)C(O)C1O)OC(=O)CC/C=C/CCCCCCCCCCCCC. The normalized spacial score (nSPS) is 26.8. The summed E-state index contributed by atoms with van der Waals surface area (Å²) in [7, 11) is 0. The van der Waals surface area contributed by atoms with E-state index < -0.39 is 99.3 Å². The molecule has 4 unspecified atom stereocenters. The van der Waals surface area contributed by atoms with E-state index >= 15 is 0 Å². The molecule has 0 aliphatic carbocycles. The molecule has 0 aromatic rings. The first kappa shape index (κ1) is 58.1. The molecule has 7 N–H and O–H groups in total. The first-order valence-corrected chi connectivity index (χ1v) is 24.9. The third-order valence-electron chi connectivity index (χ3n) is 11.9. The van der Waals surface area contributed by atoms with Gasteiger partial charge in [-0.1, -0.05) is 141 Å². The number of rotatable bonds is 38. The zero-order chi connectivity index (χ0) is 46.8. The third-order valence-corrected chi connectivity index (χ3v) is 11.9. The molecule has 0 aromatic heterocycles. The molecule has 64 heavy (non-hydrogen) atoms. The van der Waals surface area contributed by atoms with Crippen LogP contribution in [-0.4, -0.2) is 142 Å². The summed E-state index contributed by atoms with van der Waals surface area (Å²) < 4.78 is 33.5. The number of carbonyl (C=O) groups is 2. The number of carbonyl (C=O) groups excluding carboxylic acids is 2. The number of unbranched alkanes of at least 4 members (excludes halogenated alkanes) is 20. The maximum atomic E-state index is 12.9. The van der Waals surface area contributed by atoms with Crippen molar-refractivity contribution < 1.29 is 73.8 Å². The van der Waals surface area contributed by atoms with Crippen molar-refractivity contribution in [2.75, 3.05) is 26.4 Å². The van der Waals surface area contributed by atoms with E-state index in [0.717, 1.165) is 38.5 Å². The Morgan fingerprint density at radius 3 is 1.44 bits per heavy atom. The van der Waals surface area contributed by atoms with Crippen LogP contribution < -0.4 is 0 Å². The predicted molar refractivity (Wildman–Crippen MR) is 243 cm³/mol. The molecule has 15 nitrogen and oxygen atoms in total. The highest BCUT2D eigenvalue weighted by Crippen LogP contribution is 2.26. The molecule has 2 rings (SSSR count). The molecule has 0 amide bonds. The molecule has 2 aliphatic rings. The number of aliphatic hydroxyl groups excluding tert-OH is 7. The lowest BCUT2D eigenvalue weighted by Crippen LogP contribution is -2.61. The van der Waals surface area contributed by atoms with Crippen LogP contribution in [-0.2, 0) is 38.0 Å². The van der Waals surface area contributed by atoms with Crippen LogP contribution in [0.1, 0.15) is 181 Å². The highest BCUT2D eigenvalue weighted by atomic mass is 16.7. The van der Waals surface area contributed by atoms with E-state index in [0.29, 0.717) is 12.8 Å². The Morgan fingerprint density at radius 1 is 0.484 bits per heavy atom. The highest BCUT2D eigenvalue weighted by molar-refractivity contribution is 5.70. The Hall–Kier alpha value is -2.02. The Labute approximate surface area is 383 Å². The van der Waals surface area contributed by atoms with E-state index in [4.69, 9.17) is 28.4 Å². The first-order valence-electron chi connectivity index (χ1n) is 24.9. The van der Waals surface area contributed by atoms with E-state index in [1.165, 1.54) is 103 Å². The number of esters is 2. The van der Waals surface area contributed by atoms with Gasteiger partial charge < -0.3 is 64.2 Å². The second kappa shape index (κ2) is 37.0. The van der Waals surface area contributed by atoms with Crippen molar-refractivity contribution in [1.82, 2.24) is 0 Å². The topological polar surface area (TPSA) is 231 Å². The second-order valence-corrected chi connectivity index (χ2v) is 17.6. The summed E-state index contributed by atoms with van der Waals surface area (Å²) in [5.74, 6) is -0.997. The van der Waals surface area contributed by atoms with Gasteiger partial charge >= 0.3 is 11.9 Å². The monoisotopic (exact) mass is 917 g/mol. The fourth-order valence-electron chi connectivity index (χ4n) is 7.76. The van der Waals surface area contributed by atoms with Crippen LogP contribution in [0, 0.1) is 0 Å². The van der Waals surface area contributed by atoms with Gasteiger partial charge in [0.2, 0.25) is 0 Å². The molecule has 15 heteroatoms. The standard InChI is InChI=1S/C49H88O15/c1-3-5-7-9-11-13-15-17-18-20-22-24-26-28-30-32-41(52)62-37(34-59-40(51)31-29-27-25-23-21-19-16-14-12-10-8-6-4-2)35-60-48-47(58)45(56)43(54)39(64-48)36-61-49-46(57)44(55)42(53)38(33-50)63-49/h19,21,26,28,37-39,42-50,53-58H,3-18,20,22-25,27,29-36H2,1-2H3/b21-19+,28-26+/t37-,38-,39-,42+,43+,44?,45?,46?,47?,48-,49-/m1/s1. The van der Waals surface area contributed by atoms with Gasteiger partial charge in [-0.15, -0.1) is 0 Å². The molecule has 0 spiro atoms. The van der Waals surface area contributed by atoms with Crippen molar-refractivity contribution in [2.45, 2.75) is 248 Å². The lowest BCUT2D eigenvalue weighted by Gasteiger charge is -2.42. The molecular weight excluding hydrogens is 829 g/mol. The number of allylic oxidation sites excluding steroid dienone is 4. The summed E-state index contributed by atoms with van der Waals surface area (Å²) in [4.78, 5) is 25.7. The van der Waals surface area contributed by atoms with E-state index in [1.54, 1.807) is 0 Å². The Morgan fingerprint density at radius 2 is 0.922 bits per heavy atom. The molecule has 0 bridgehead atoms. The summed E-state index contributed by atoms with van der Waals surface area (Å²) in [6.45, 7) is 2.53. The highest BCUT2D eigenvalue weighted by Gasteiger charge is 2.47. The van der Waals surface area contributed by atoms with Crippen LogP contribution in [0.25, 0.3) is 0 Å². The summed E-state index contributed by atoms with van der Waals surface area (Å²) in [5, 5.41) is 72.0. The maximum Gasteiger partial charge on any atom is 0.306 e. The van der Waals surface area contributed by atoms with Gasteiger partial charge in [0.1, 0.15) is 55.4 Å². The molecule has 0 aromatic carbocycles. The third kappa shape index (κ3) is 25.2. The Balaban J connectivity index is 1.85. The van der Waals surface area contributed by atoms with Crippen LogP contribution in [0.15, 0.2) is 24.3 Å². The zero-order valence-corrected chi connectivity index (χ0v) is 39.3. The van der Waals surface area contributed by atoms with Crippen molar-refractivity contribution in [3.63, 3.8) is 0 Å². The molecule has 0 saturated carbocycles. The van der Waals surface area contributed by atoms with E-state index in [9.17, 15) is 45.3 Å². The van der Waals surface area contributed by atoms with Gasteiger partial charge in [0.25, 0.3) is 0 Å². The summed E-state index contributed by atoms with van der Waals surface area (Å²) in [6.07, 6.45) is 19.4. The zero-order valence-electron chi connectivity index (χ0n) is 39.3. The van der Waals surface area contributed by atoms with Gasteiger partial charge in [-0.05, 0) is 51.4 Å². The van der Waals surface area contributed by atoms with Crippen LogP contribution >= 0.6 is 0 Å². The van der Waals surface area contributed by atoms with Crippen molar-refractivity contribution in [2.24, 2.45) is 0 Å². The van der Waals surface area contributed by atoms with Gasteiger partial charge in [0.05, 0.1) is 19.8 Å². The molecule has 0 radical (unpaired) electrons. The van der Waals surface area contributed by atoms with Crippen LogP contribution in [0.5, 0.6) is 0 Å². The first-order chi connectivity index (χ1) is 31.0. The van der Waals surface area contributed by atoms with Crippen molar-refractivity contribution in [3.8, 4) is 0 Å². The van der Waals surface area contributed by atoms with Gasteiger partial charge in [0, 0.05) is 12.8 Å². The second-order valence-electron chi connectivity index (χ2n) is 17.6. The van der Waals surface area contributed by atoms with E-state index in [-0.39, 0.29) is 19.4 Å². The van der Waals surface area contributed by atoms with Crippen LogP contribution in [0.2, 0.25) is 0 Å². The fourth-order valence-corrected chi connectivity index (χ4v) is 7.76. The summed E-state index contributed by atoms with van der Waals surface area (Å²) in [5.41, 5.74) is 0. The van der Waals surface area contributed by atoms with Gasteiger partial charge in [-0.2, -0.15) is 0 Å². The molecule has 11 atom stereocenters. The Kier molecular flexibility index (Phi) is 33.6. The number of hydrogen-bond donors (Lipinski definition) is 7. The molecular formula is C49H88O15. The Bertz CT molecular complexity index is 1220. The maximum absolute atomic E-state index is 12.9. The molecule has 2 heterocycles. The molecule has 2 aliphatic heterocycles. The lowest BCUT2D eigenvalue weighted by atomic mass is 9.98. The minimum absolute atomic E-state index is 0.0808. The molecule has 2 saturated heterocycles. The fraction of sp³-hybridized carbons (Fsp3) is 0.878. The van der Waals surface area contributed by atoms with Crippen molar-refractivity contribution in [3.05, 3.63) is 24.3 Å². The minimum Gasteiger partial charge on any atom is -0.462 e. The number of hydrogen-bond acceptors (Lipinski definition) is 15. The van der Waals surface area contributed by atoms with Gasteiger partial charge in [0.15, 0.2) is 18.7 Å². The molecule has 374 valence electrons. The number of aliphatic hydroxyl groups is 7. The van der Waals surface area contributed by atoms with Gasteiger partial charge in [-0.25, -0.2) is 0 Å². The average Bonchev–Trinajstić information content (AvgIpc) is 3.29. The minimum atomic E-state index is -1.77. The van der Waals surface area contributed by atoms with Crippen molar-refractivity contribution >= 4 is 11.9 Å². The van der Waals surface area contributed by atoms with Crippen LogP contribution in [0.4, 0.5) is 0 Å². The number of ether oxygens (including phenoxy) is 6. The van der Waals surface area contributed by atoms with E-state index in [2.05, 4.69) is 32.1 Å². The quantitative estimate of drug-likeness (QED) is 0.0203. The van der Waals surface area contributed by atoms with Crippen LogP contribution in [0.3, 0.4) is 0 Å². The summed E-state index contributed by atoms with van der Waals surface area (Å²) >= 11 is 0. The molecule has 2 fully saturated rings. The lowest BCUT2D eigenvalue weighted by molar-refractivity contribution is -0.332. The summed E-state index contributed by atoms with van der Waals surface area (Å²) in [6, 6.07) is 0. The van der Waals surface area contributed by atoms with Crippen molar-refractivity contribution in [1.29, 1.82) is 0 Å². The largest absolute Gasteiger partial charge is 0.462 e. The smallest absolute Gasteiger partial charge is 0.306 e. The van der Waals surface area contributed by atoms with Gasteiger partial charge in [-0.3, -0.25) is 9.59 Å². The predicted octanol–water partition coefficient (Wildman–Crippen LogP) is 6.38.